The highest BCUT2D eigenvalue weighted by Crippen LogP contribution is 2.36. The number of hydrogen-bond donors (Lipinski definition) is 0. The molecule has 0 amide bonds. The van der Waals surface area contributed by atoms with E-state index in [0.717, 1.165) is 22.3 Å². The predicted molar refractivity (Wildman–Crippen MR) is 90.1 cm³/mol. The molecule has 0 N–H and O–H groups in total. The fraction of sp³-hybridized carbons (Fsp3) is 0.389. The van der Waals surface area contributed by atoms with Crippen LogP contribution in [0, 0.1) is 12.7 Å². The van der Waals surface area contributed by atoms with Crippen molar-refractivity contribution in [2.24, 2.45) is 0 Å². The van der Waals surface area contributed by atoms with E-state index in [2.05, 4.69) is 4.98 Å². The van der Waals surface area contributed by atoms with Crippen molar-refractivity contribution < 1.29 is 13.7 Å². The first-order chi connectivity index (χ1) is 10.7. The summed E-state index contributed by atoms with van der Waals surface area (Å²) in [5.41, 5.74) is 2.61. The molecular weight excluding hydrogens is 292 g/mol. The first-order valence-corrected chi connectivity index (χ1v) is 7.78. The van der Waals surface area contributed by atoms with Gasteiger partial charge in [0.25, 0.3) is 0 Å². The van der Waals surface area contributed by atoms with Gasteiger partial charge in [0, 0.05) is 17.2 Å². The van der Waals surface area contributed by atoms with Crippen LogP contribution >= 0.6 is 0 Å². The van der Waals surface area contributed by atoms with Crippen LogP contribution in [0.15, 0.2) is 36.5 Å². The molecule has 1 aliphatic heterocycles. The Morgan fingerprint density at radius 2 is 1.70 bits per heavy atom. The van der Waals surface area contributed by atoms with Gasteiger partial charge in [-0.1, -0.05) is 18.2 Å². The highest BCUT2D eigenvalue weighted by atomic mass is 19.1. The summed E-state index contributed by atoms with van der Waals surface area (Å²) < 4.78 is 25.5. The topological polar surface area (TPSA) is 31.4 Å². The number of rotatable bonds is 2. The van der Waals surface area contributed by atoms with E-state index >= 15 is 0 Å². The van der Waals surface area contributed by atoms with Crippen LogP contribution < -0.4 is 5.46 Å². The number of nitrogens with zero attached hydrogens (tertiary/aromatic N) is 1. The number of benzene rings is 1. The smallest absolute Gasteiger partial charge is 0.399 e. The Hall–Kier alpha value is -1.72. The molecule has 3 nitrogen and oxygen atoms in total. The lowest BCUT2D eigenvalue weighted by molar-refractivity contribution is 0.00578. The van der Waals surface area contributed by atoms with Gasteiger partial charge in [0.1, 0.15) is 5.82 Å². The van der Waals surface area contributed by atoms with Gasteiger partial charge in [-0.05, 0) is 52.3 Å². The molecule has 23 heavy (non-hydrogen) atoms. The molecule has 5 heteroatoms. The summed E-state index contributed by atoms with van der Waals surface area (Å²) in [5.74, 6) is -0.265. The monoisotopic (exact) mass is 313 g/mol. The SMILES string of the molecule is Cc1cc(B2OC(C)(C)C(C)(C)O2)cnc1-c1cccc(F)c1. The van der Waals surface area contributed by atoms with Crippen LogP contribution in [-0.4, -0.2) is 23.3 Å². The van der Waals surface area contributed by atoms with Gasteiger partial charge >= 0.3 is 7.12 Å². The van der Waals surface area contributed by atoms with Crippen molar-refractivity contribution in [2.75, 3.05) is 0 Å². The van der Waals surface area contributed by atoms with E-state index in [0.29, 0.717) is 0 Å². The highest BCUT2D eigenvalue weighted by Gasteiger charge is 2.51. The largest absolute Gasteiger partial charge is 0.496 e. The molecule has 1 aromatic carbocycles. The number of halogens is 1. The lowest BCUT2D eigenvalue weighted by Gasteiger charge is -2.32. The predicted octanol–water partition coefficient (Wildman–Crippen LogP) is 3.50. The Kier molecular flexibility index (Phi) is 3.81. The second-order valence-corrected chi connectivity index (χ2v) is 7.03. The van der Waals surface area contributed by atoms with Gasteiger partial charge < -0.3 is 9.31 Å². The summed E-state index contributed by atoms with van der Waals surface area (Å²) in [6.45, 7) is 10.0. The van der Waals surface area contributed by atoms with Gasteiger partial charge in [0.2, 0.25) is 0 Å². The minimum absolute atomic E-state index is 0.265. The minimum atomic E-state index is -0.437. The third-order valence-corrected chi connectivity index (χ3v) is 4.72. The molecular formula is C18H21BFNO2. The maximum Gasteiger partial charge on any atom is 0.496 e. The average Bonchev–Trinajstić information content (AvgIpc) is 2.67. The van der Waals surface area contributed by atoms with Crippen molar-refractivity contribution in [3.63, 3.8) is 0 Å². The Bertz CT molecular complexity index is 730. The number of pyridine rings is 1. The lowest BCUT2D eigenvalue weighted by atomic mass is 9.79. The molecule has 0 bridgehead atoms. The van der Waals surface area contributed by atoms with Crippen LogP contribution in [0.3, 0.4) is 0 Å². The van der Waals surface area contributed by atoms with E-state index < -0.39 is 7.12 Å². The van der Waals surface area contributed by atoms with Crippen molar-refractivity contribution >= 4 is 12.6 Å². The van der Waals surface area contributed by atoms with Gasteiger partial charge in [-0.25, -0.2) is 4.39 Å². The zero-order chi connectivity index (χ0) is 16.8. The average molecular weight is 313 g/mol. The van der Waals surface area contributed by atoms with E-state index in [-0.39, 0.29) is 17.0 Å². The molecule has 3 rings (SSSR count). The first kappa shape index (κ1) is 16.2. The number of aryl methyl sites for hydroxylation is 1. The van der Waals surface area contributed by atoms with Crippen molar-refractivity contribution in [3.8, 4) is 11.3 Å². The summed E-state index contributed by atoms with van der Waals surface area (Å²) in [6.07, 6.45) is 1.75. The summed E-state index contributed by atoms with van der Waals surface area (Å²) in [6, 6.07) is 8.46. The summed E-state index contributed by atoms with van der Waals surface area (Å²) >= 11 is 0. The zero-order valence-corrected chi connectivity index (χ0v) is 14.2. The maximum absolute atomic E-state index is 13.4. The van der Waals surface area contributed by atoms with E-state index in [1.54, 1.807) is 12.3 Å². The van der Waals surface area contributed by atoms with Crippen LogP contribution in [0.2, 0.25) is 0 Å². The Labute approximate surface area is 137 Å². The minimum Gasteiger partial charge on any atom is -0.399 e. The Morgan fingerprint density at radius 1 is 1.04 bits per heavy atom. The summed E-state index contributed by atoms with van der Waals surface area (Å²) in [5, 5.41) is 0. The maximum atomic E-state index is 13.4. The van der Waals surface area contributed by atoms with Crippen LogP contribution in [0.5, 0.6) is 0 Å². The fourth-order valence-corrected chi connectivity index (χ4v) is 2.64. The van der Waals surface area contributed by atoms with Gasteiger partial charge in [0.15, 0.2) is 0 Å². The molecule has 1 aromatic heterocycles. The van der Waals surface area contributed by atoms with Crippen molar-refractivity contribution in [3.05, 3.63) is 47.9 Å². The second kappa shape index (κ2) is 5.43. The fourth-order valence-electron chi connectivity index (χ4n) is 2.64. The van der Waals surface area contributed by atoms with Crippen LogP contribution in [0.25, 0.3) is 11.3 Å². The quantitative estimate of drug-likeness (QED) is 0.795. The highest BCUT2D eigenvalue weighted by molar-refractivity contribution is 6.62. The molecule has 2 heterocycles. The molecule has 1 aliphatic rings. The van der Waals surface area contributed by atoms with Gasteiger partial charge in [0.05, 0.1) is 16.9 Å². The molecule has 1 saturated heterocycles. The van der Waals surface area contributed by atoms with Gasteiger partial charge in [-0.3, -0.25) is 4.98 Å². The van der Waals surface area contributed by atoms with Crippen molar-refractivity contribution in [1.29, 1.82) is 0 Å². The third kappa shape index (κ3) is 2.91. The van der Waals surface area contributed by atoms with Crippen molar-refractivity contribution in [1.82, 2.24) is 4.98 Å². The lowest BCUT2D eigenvalue weighted by Crippen LogP contribution is -2.41. The molecule has 120 valence electrons. The van der Waals surface area contributed by atoms with E-state index in [4.69, 9.17) is 9.31 Å². The Morgan fingerprint density at radius 3 is 2.26 bits per heavy atom. The number of hydrogen-bond acceptors (Lipinski definition) is 3. The van der Waals surface area contributed by atoms with E-state index in [1.807, 2.05) is 46.8 Å². The van der Waals surface area contributed by atoms with Gasteiger partial charge in [-0.15, -0.1) is 0 Å². The van der Waals surface area contributed by atoms with Crippen LogP contribution in [0.4, 0.5) is 4.39 Å². The van der Waals surface area contributed by atoms with Gasteiger partial charge in [-0.2, -0.15) is 0 Å². The first-order valence-electron chi connectivity index (χ1n) is 7.78. The molecule has 2 aromatic rings. The standard InChI is InChI=1S/C18H21BFNO2/c1-12-9-14(19-22-17(2,3)18(4,5)23-19)11-21-16(12)13-7-6-8-15(20)10-13/h6-11H,1-5H3. The van der Waals surface area contributed by atoms with Crippen LogP contribution in [-0.2, 0) is 9.31 Å². The normalized spacial score (nSPS) is 19.1. The molecule has 0 saturated carbocycles. The molecule has 0 unspecified atom stereocenters. The van der Waals surface area contributed by atoms with E-state index in [9.17, 15) is 4.39 Å². The molecule has 0 spiro atoms. The molecule has 1 fully saturated rings. The summed E-state index contributed by atoms with van der Waals surface area (Å²) in [7, 11) is -0.437. The zero-order valence-electron chi connectivity index (χ0n) is 14.2. The molecule has 0 atom stereocenters. The number of aromatic nitrogens is 1. The second-order valence-electron chi connectivity index (χ2n) is 7.03. The molecule has 0 radical (unpaired) electrons. The van der Waals surface area contributed by atoms with E-state index in [1.165, 1.54) is 12.1 Å². The van der Waals surface area contributed by atoms with Crippen LogP contribution in [0.1, 0.15) is 33.3 Å². The summed E-state index contributed by atoms with van der Waals surface area (Å²) in [4.78, 5) is 4.50. The molecule has 0 aliphatic carbocycles. The third-order valence-electron chi connectivity index (χ3n) is 4.72. The Balaban J connectivity index is 1.92. The van der Waals surface area contributed by atoms with Crippen molar-refractivity contribution in [2.45, 2.75) is 45.8 Å².